The van der Waals surface area contributed by atoms with Gasteiger partial charge in [-0.05, 0) is 24.3 Å². The number of carbonyl (C=O) groups is 2. The summed E-state index contributed by atoms with van der Waals surface area (Å²) in [5.41, 5.74) is 5.27. The quantitative estimate of drug-likeness (QED) is 0.421. The molecule has 154 valence electrons. The molecule has 2 aromatic carbocycles. The van der Waals surface area contributed by atoms with Crippen LogP contribution in [0.3, 0.4) is 0 Å². The highest BCUT2D eigenvalue weighted by molar-refractivity contribution is 7.86. The highest BCUT2D eigenvalue weighted by atomic mass is 32.2. The Bertz CT molecular complexity index is 1250. The van der Waals surface area contributed by atoms with E-state index in [1.165, 1.54) is 42.5 Å². The van der Waals surface area contributed by atoms with Crippen LogP contribution in [-0.4, -0.2) is 42.6 Å². The predicted octanol–water partition coefficient (Wildman–Crippen LogP) is 1.43. The summed E-state index contributed by atoms with van der Waals surface area (Å²) >= 11 is 0. The van der Waals surface area contributed by atoms with Gasteiger partial charge in [0.2, 0.25) is 5.72 Å². The molecule has 2 aliphatic carbocycles. The summed E-state index contributed by atoms with van der Waals surface area (Å²) in [6, 6.07) is 10.9. The number of nitrogens with two attached hydrogens (primary N) is 1. The monoisotopic (exact) mass is 426 g/mol. The van der Waals surface area contributed by atoms with Crippen LogP contribution in [0.25, 0.3) is 0 Å². The van der Waals surface area contributed by atoms with Crippen molar-refractivity contribution in [3.05, 3.63) is 88.6 Å². The Kier molecular flexibility index (Phi) is 4.61. The van der Waals surface area contributed by atoms with Crippen LogP contribution in [0.2, 0.25) is 0 Å². The van der Waals surface area contributed by atoms with Crippen molar-refractivity contribution in [1.82, 2.24) is 5.32 Å². The average Bonchev–Trinajstić information content (AvgIpc) is 2.71. The highest BCUT2D eigenvalue weighted by Crippen LogP contribution is 2.36. The molecule has 2 aromatic rings. The minimum Gasteiger partial charge on any atom is -0.467 e. The number of likely N-dealkylation sites (N-methyl/N-ethyl adjacent to an activating group) is 1. The summed E-state index contributed by atoms with van der Waals surface area (Å²) in [4.78, 5) is 26.0. The molecule has 0 spiro atoms. The molecule has 4 rings (SSSR count). The molecule has 0 saturated carbocycles. The first kappa shape index (κ1) is 20.0. The van der Waals surface area contributed by atoms with Gasteiger partial charge in [-0.2, -0.15) is 8.42 Å². The molecule has 8 nitrogen and oxygen atoms in total. The van der Waals surface area contributed by atoms with Gasteiger partial charge in [-0.25, -0.2) is 0 Å². The highest BCUT2D eigenvalue weighted by Gasteiger charge is 2.45. The van der Waals surface area contributed by atoms with E-state index in [2.05, 4.69) is 5.32 Å². The van der Waals surface area contributed by atoms with Crippen LogP contribution in [0, 0.1) is 0 Å². The van der Waals surface area contributed by atoms with Crippen LogP contribution in [0.5, 0.6) is 5.75 Å². The fraction of sp³-hybridized carbons (Fsp3) is 0.143. The number of rotatable bonds is 4. The molecule has 0 aliphatic heterocycles. The van der Waals surface area contributed by atoms with Crippen LogP contribution in [-0.2, 0) is 10.1 Å². The second kappa shape index (κ2) is 6.91. The summed E-state index contributed by atoms with van der Waals surface area (Å²) in [5.74, 6) is -0.837. The van der Waals surface area contributed by atoms with E-state index in [1.54, 1.807) is 25.2 Å². The largest absolute Gasteiger partial charge is 0.467 e. The van der Waals surface area contributed by atoms with Crippen molar-refractivity contribution in [1.29, 1.82) is 0 Å². The third kappa shape index (κ3) is 3.13. The van der Waals surface area contributed by atoms with Crippen molar-refractivity contribution >= 4 is 21.7 Å². The number of benzene rings is 2. The number of ether oxygens (including phenoxy) is 1. The van der Waals surface area contributed by atoms with E-state index in [9.17, 15) is 22.6 Å². The lowest BCUT2D eigenvalue weighted by molar-refractivity contribution is 0.0958. The summed E-state index contributed by atoms with van der Waals surface area (Å²) < 4.78 is 39.5. The Morgan fingerprint density at radius 1 is 1.03 bits per heavy atom. The molecule has 30 heavy (non-hydrogen) atoms. The van der Waals surface area contributed by atoms with E-state index in [0.29, 0.717) is 5.70 Å². The van der Waals surface area contributed by atoms with E-state index in [0.717, 1.165) is 0 Å². The van der Waals surface area contributed by atoms with Gasteiger partial charge in [-0.15, -0.1) is 0 Å². The first-order valence-corrected chi connectivity index (χ1v) is 10.5. The normalized spacial score (nSPS) is 22.8. The molecule has 0 amide bonds. The SMILES string of the molecule is CNC1=CC(S(=O)(=O)O)C(N)(Oc2cccc3c2C(=O)c2ccccc2C3=O)C=C1. The third-order valence-corrected chi connectivity index (χ3v) is 6.26. The number of carbonyl (C=O) groups excluding carboxylic acids is 2. The lowest BCUT2D eigenvalue weighted by atomic mass is 9.83. The Morgan fingerprint density at radius 3 is 2.30 bits per heavy atom. The minimum absolute atomic E-state index is 0.00286. The van der Waals surface area contributed by atoms with Crippen LogP contribution >= 0.6 is 0 Å². The standard InChI is InChI=1S/C21H18N2O6S/c1-23-12-9-10-21(22,17(11-12)30(26,27)28)29-16-8-4-7-15-18(16)20(25)14-6-3-2-5-13(14)19(15)24/h2-11,17,23H,22H2,1H3,(H,26,27,28). The molecule has 0 radical (unpaired) electrons. The van der Waals surface area contributed by atoms with Gasteiger partial charge in [0.25, 0.3) is 10.1 Å². The van der Waals surface area contributed by atoms with E-state index < -0.39 is 26.9 Å². The summed E-state index contributed by atoms with van der Waals surface area (Å²) in [6.45, 7) is 0. The molecular formula is C21H18N2O6S. The Balaban J connectivity index is 1.82. The van der Waals surface area contributed by atoms with Gasteiger partial charge in [0, 0.05) is 29.4 Å². The lowest BCUT2D eigenvalue weighted by Gasteiger charge is -2.35. The zero-order valence-electron chi connectivity index (χ0n) is 15.8. The Hall–Kier alpha value is -3.27. The van der Waals surface area contributed by atoms with E-state index in [1.807, 2.05) is 0 Å². The van der Waals surface area contributed by atoms with Crippen molar-refractivity contribution < 1.29 is 27.3 Å². The number of allylic oxidation sites excluding steroid dienone is 1. The molecule has 0 fully saturated rings. The van der Waals surface area contributed by atoms with Gasteiger partial charge in [-0.3, -0.25) is 19.9 Å². The molecule has 2 atom stereocenters. The summed E-state index contributed by atoms with van der Waals surface area (Å²) in [6.07, 6.45) is 3.99. The number of hydrogen-bond donors (Lipinski definition) is 3. The molecule has 9 heteroatoms. The number of hydrogen-bond acceptors (Lipinski definition) is 7. The van der Waals surface area contributed by atoms with Crippen LogP contribution in [0.4, 0.5) is 0 Å². The Morgan fingerprint density at radius 2 is 1.67 bits per heavy atom. The van der Waals surface area contributed by atoms with E-state index in [4.69, 9.17) is 10.5 Å². The molecule has 2 unspecified atom stereocenters. The van der Waals surface area contributed by atoms with Crippen LogP contribution in [0.1, 0.15) is 31.8 Å². The zero-order valence-corrected chi connectivity index (χ0v) is 16.6. The maximum absolute atomic E-state index is 13.1. The molecule has 4 N–H and O–H groups in total. The van der Waals surface area contributed by atoms with Crippen LogP contribution < -0.4 is 15.8 Å². The fourth-order valence-corrected chi connectivity index (χ4v) is 4.54. The minimum atomic E-state index is -4.66. The van der Waals surface area contributed by atoms with Gasteiger partial charge < -0.3 is 10.1 Å². The first-order valence-electron chi connectivity index (χ1n) is 9.00. The number of fused-ring (bicyclic) bond motifs is 2. The molecular weight excluding hydrogens is 408 g/mol. The summed E-state index contributed by atoms with van der Waals surface area (Å²) in [5, 5.41) is 1.13. The van der Waals surface area contributed by atoms with Gasteiger partial charge in [0.05, 0.1) is 5.56 Å². The van der Waals surface area contributed by atoms with Gasteiger partial charge in [0.15, 0.2) is 16.8 Å². The first-order chi connectivity index (χ1) is 14.2. The predicted molar refractivity (Wildman–Crippen MR) is 109 cm³/mol. The van der Waals surface area contributed by atoms with Gasteiger partial charge in [0.1, 0.15) is 5.75 Å². The maximum atomic E-state index is 13.1. The van der Waals surface area contributed by atoms with Gasteiger partial charge in [-0.1, -0.05) is 36.4 Å². The van der Waals surface area contributed by atoms with E-state index >= 15 is 0 Å². The smallest absolute Gasteiger partial charge is 0.277 e. The second-order valence-corrected chi connectivity index (χ2v) is 8.52. The molecule has 2 aliphatic rings. The van der Waals surface area contributed by atoms with Crippen molar-refractivity contribution in [2.24, 2.45) is 5.73 Å². The molecule has 0 aromatic heterocycles. The van der Waals surface area contributed by atoms with Crippen molar-refractivity contribution in [2.75, 3.05) is 7.05 Å². The van der Waals surface area contributed by atoms with E-state index in [-0.39, 0.29) is 33.8 Å². The molecule has 0 heterocycles. The Labute approximate surface area is 172 Å². The lowest BCUT2D eigenvalue weighted by Crippen LogP contribution is -2.57. The maximum Gasteiger partial charge on any atom is 0.277 e. The molecule has 0 saturated heterocycles. The third-order valence-electron chi connectivity index (χ3n) is 5.11. The topological polar surface area (TPSA) is 136 Å². The second-order valence-electron chi connectivity index (χ2n) is 6.98. The number of ketones is 2. The molecule has 0 bridgehead atoms. The van der Waals surface area contributed by atoms with Crippen molar-refractivity contribution in [3.8, 4) is 5.75 Å². The zero-order chi connectivity index (χ0) is 21.7. The fourth-order valence-electron chi connectivity index (χ4n) is 3.63. The van der Waals surface area contributed by atoms with Crippen LogP contribution in [0.15, 0.2) is 66.4 Å². The number of nitrogens with one attached hydrogen (secondary N) is 1. The van der Waals surface area contributed by atoms with Gasteiger partial charge >= 0.3 is 0 Å². The van der Waals surface area contributed by atoms with Crippen molar-refractivity contribution in [3.63, 3.8) is 0 Å². The summed E-state index contributed by atoms with van der Waals surface area (Å²) in [7, 11) is -3.08. The average molecular weight is 426 g/mol. The van der Waals surface area contributed by atoms with Crippen molar-refractivity contribution in [2.45, 2.75) is 11.0 Å².